The standard InChI is InChI=1S/C17H19NO/c1-3-12-8-9-17(19-2)14(10-12)15-11-18-16-7-5-4-6-13(15)16/h4-10,15,18H,3,11H2,1-2H3. The Balaban J connectivity index is 2.08. The number of rotatable bonds is 3. The van der Waals surface area contributed by atoms with Crippen molar-refractivity contribution >= 4 is 5.69 Å². The summed E-state index contributed by atoms with van der Waals surface area (Å²) in [6.45, 7) is 3.13. The molecule has 0 aliphatic carbocycles. The van der Waals surface area contributed by atoms with E-state index in [2.05, 4.69) is 54.7 Å². The van der Waals surface area contributed by atoms with Crippen molar-refractivity contribution in [2.45, 2.75) is 19.3 Å². The fraction of sp³-hybridized carbons (Fsp3) is 0.294. The Bertz CT molecular complexity index is 592. The number of methoxy groups -OCH3 is 1. The first-order valence-corrected chi connectivity index (χ1v) is 6.83. The lowest BCUT2D eigenvalue weighted by Gasteiger charge is -2.16. The third-order valence-electron chi connectivity index (χ3n) is 3.91. The van der Waals surface area contributed by atoms with Gasteiger partial charge in [-0.3, -0.25) is 0 Å². The summed E-state index contributed by atoms with van der Waals surface area (Å²) in [5.74, 6) is 1.37. The summed E-state index contributed by atoms with van der Waals surface area (Å²) in [7, 11) is 1.75. The largest absolute Gasteiger partial charge is 0.496 e. The van der Waals surface area contributed by atoms with Gasteiger partial charge in [-0.05, 0) is 29.7 Å². The molecule has 1 unspecified atom stereocenters. The number of ether oxygens (including phenoxy) is 1. The number of hydrogen-bond donors (Lipinski definition) is 1. The lowest BCUT2D eigenvalue weighted by atomic mass is 9.91. The van der Waals surface area contributed by atoms with Crippen LogP contribution in [0.5, 0.6) is 5.75 Å². The molecule has 0 fully saturated rings. The summed E-state index contributed by atoms with van der Waals surface area (Å²) >= 11 is 0. The van der Waals surface area contributed by atoms with Crippen LogP contribution in [0.1, 0.15) is 29.5 Å². The van der Waals surface area contributed by atoms with E-state index < -0.39 is 0 Å². The Hall–Kier alpha value is -1.96. The molecule has 1 aliphatic heterocycles. The maximum absolute atomic E-state index is 5.54. The fourth-order valence-corrected chi connectivity index (χ4v) is 2.84. The van der Waals surface area contributed by atoms with Crippen molar-refractivity contribution in [3.05, 3.63) is 59.2 Å². The van der Waals surface area contributed by atoms with Gasteiger partial charge in [0.05, 0.1) is 7.11 Å². The molecular formula is C17H19NO. The van der Waals surface area contributed by atoms with E-state index in [1.54, 1.807) is 7.11 Å². The van der Waals surface area contributed by atoms with Gasteiger partial charge in [0, 0.05) is 23.7 Å². The smallest absolute Gasteiger partial charge is 0.122 e. The monoisotopic (exact) mass is 253 g/mol. The highest BCUT2D eigenvalue weighted by Crippen LogP contribution is 2.39. The number of hydrogen-bond acceptors (Lipinski definition) is 2. The highest BCUT2D eigenvalue weighted by Gasteiger charge is 2.25. The molecule has 0 saturated heterocycles. The molecule has 0 aromatic heterocycles. The van der Waals surface area contributed by atoms with E-state index in [0.717, 1.165) is 18.7 Å². The summed E-state index contributed by atoms with van der Waals surface area (Å²) < 4.78 is 5.54. The molecule has 1 atom stereocenters. The number of fused-ring (bicyclic) bond motifs is 1. The molecule has 0 spiro atoms. The third kappa shape index (κ3) is 2.07. The molecule has 98 valence electrons. The normalized spacial score (nSPS) is 16.8. The summed E-state index contributed by atoms with van der Waals surface area (Å²) in [5, 5.41) is 3.48. The van der Waals surface area contributed by atoms with Crippen LogP contribution in [0.3, 0.4) is 0 Å². The molecule has 1 N–H and O–H groups in total. The van der Waals surface area contributed by atoms with Gasteiger partial charge in [-0.1, -0.05) is 37.3 Å². The van der Waals surface area contributed by atoms with Gasteiger partial charge in [-0.25, -0.2) is 0 Å². The Labute approximate surface area is 114 Å². The predicted octanol–water partition coefficient (Wildman–Crippen LogP) is 3.82. The molecule has 1 heterocycles. The first-order valence-electron chi connectivity index (χ1n) is 6.83. The lowest BCUT2D eigenvalue weighted by molar-refractivity contribution is 0.408. The van der Waals surface area contributed by atoms with Crippen LogP contribution < -0.4 is 10.1 Å². The van der Waals surface area contributed by atoms with E-state index in [0.29, 0.717) is 5.92 Å². The van der Waals surface area contributed by atoms with Crippen molar-refractivity contribution in [3.8, 4) is 5.75 Å². The molecule has 0 amide bonds. The first-order chi connectivity index (χ1) is 9.33. The molecule has 2 nitrogen and oxygen atoms in total. The van der Waals surface area contributed by atoms with Crippen LogP contribution in [0, 0.1) is 0 Å². The Morgan fingerprint density at radius 1 is 1.16 bits per heavy atom. The zero-order chi connectivity index (χ0) is 13.2. The summed E-state index contributed by atoms with van der Waals surface area (Å²) in [4.78, 5) is 0. The van der Waals surface area contributed by atoms with Crippen molar-refractivity contribution in [2.75, 3.05) is 19.0 Å². The van der Waals surface area contributed by atoms with Crippen LogP contribution in [0.4, 0.5) is 5.69 Å². The highest BCUT2D eigenvalue weighted by molar-refractivity contribution is 5.62. The van der Waals surface area contributed by atoms with E-state index in [4.69, 9.17) is 4.74 Å². The van der Waals surface area contributed by atoms with Crippen LogP contribution >= 0.6 is 0 Å². The van der Waals surface area contributed by atoms with Crippen molar-refractivity contribution in [1.82, 2.24) is 0 Å². The number of benzene rings is 2. The van der Waals surface area contributed by atoms with Crippen molar-refractivity contribution in [2.24, 2.45) is 0 Å². The molecule has 0 bridgehead atoms. The molecule has 2 aromatic carbocycles. The topological polar surface area (TPSA) is 21.3 Å². The third-order valence-corrected chi connectivity index (χ3v) is 3.91. The molecule has 2 aromatic rings. The summed E-state index contributed by atoms with van der Waals surface area (Å²) in [5.41, 5.74) is 5.27. The van der Waals surface area contributed by atoms with Crippen molar-refractivity contribution in [1.29, 1.82) is 0 Å². The molecule has 3 rings (SSSR count). The lowest BCUT2D eigenvalue weighted by Crippen LogP contribution is -2.06. The average Bonchev–Trinajstić information content (AvgIpc) is 2.90. The number of para-hydroxylation sites is 1. The Kier molecular flexibility index (Phi) is 3.16. The van der Waals surface area contributed by atoms with Crippen LogP contribution in [0.15, 0.2) is 42.5 Å². The van der Waals surface area contributed by atoms with Gasteiger partial charge in [0.15, 0.2) is 0 Å². The number of anilines is 1. The van der Waals surface area contributed by atoms with E-state index in [-0.39, 0.29) is 0 Å². The molecule has 0 saturated carbocycles. The van der Waals surface area contributed by atoms with Gasteiger partial charge in [0.25, 0.3) is 0 Å². The molecule has 1 aliphatic rings. The van der Waals surface area contributed by atoms with Gasteiger partial charge in [0.1, 0.15) is 5.75 Å². The fourth-order valence-electron chi connectivity index (χ4n) is 2.84. The summed E-state index contributed by atoms with van der Waals surface area (Å²) in [6, 6.07) is 15.1. The van der Waals surface area contributed by atoms with Crippen LogP contribution in [0.2, 0.25) is 0 Å². The van der Waals surface area contributed by atoms with Gasteiger partial charge < -0.3 is 10.1 Å². The van der Waals surface area contributed by atoms with Crippen molar-refractivity contribution < 1.29 is 4.74 Å². The zero-order valence-corrected chi connectivity index (χ0v) is 11.4. The Morgan fingerprint density at radius 3 is 2.79 bits per heavy atom. The number of nitrogens with one attached hydrogen (secondary N) is 1. The summed E-state index contributed by atoms with van der Waals surface area (Å²) in [6.07, 6.45) is 1.05. The van der Waals surface area contributed by atoms with Gasteiger partial charge in [-0.15, -0.1) is 0 Å². The molecule has 2 heteroatoms. The molecule has 19 heavy (non-hydrogen) atoms. The highest BCUT2D eigenvalue weighted by atomic mass is 16.5. The van der Waals surface area contributed by atoms with E-state index >= 15 is 0 Å². The van der Waals surface area contributed by atoms with Gasteiger partial charge in [0.2, 0.25) is 0 Å². The quantitative estimate of drug-likeness (QED) is 0.898. The molecular weight excluding hydrogens is 234 g/mol. The van der Waals surface area contributed by atoms with Gasteiger partial charge >= 0.3 is 0 Å². The number of aryl methyl sites for hydroxylation is 1. The first kappa shape index (κ1) is 12.1. The second-order valence-electron chi connectivity index (χ2n) is 4.95. The van der Waals surface area contributed by atoms with Crippen LogP contribution in [-0.2, 0) is 6.42 Å². The maximum atomic E-state index is 5.54. The van der Waals surface area contributed by atoms with E-state index in [1.807, 2.05) is 0 Å². The zero-order valence-electron chi connectivity index (χ0n) is 11.4. The minimum Gasteiger partial charge on any atom is -0.496 e. The van der Waals surface area contributed by atoms with Crippen molar-refractivity contribution in [3.63, 3.8) is 0 Å². The average molecular weight is 253 g/mol. The second kappa shape index (κ2) is 4.96. The van der Waals surface area contributed by atoms with E-state index in [1.165, 1.54) is 22.4 Å². The maximum Gasteiger partial charge on any atom is 0.122 e. The van der Waals surface area contributed by atoms with Crippen LogP contribution in [0.25, 0.3) is 0 Å². The van der Waals surface area contributed by atoms with Gasteiger partial charge in [-0.2, -0.15) is 0 Å². The minimum absolute atomic E-state index is 0.387. The predicted molar refractivity (Wildman–Crippen MR) is 79.1 cm³/mol. The minimum atomic E-state index is 0.387. The van der Waals surface area contributed by atoms with E-state index in [9.17, 15) is 0 Å². The Morgan fingerprint density at radius 2 is 2.00 bits per heavy atom. The van der Waals surface area contributed by atoms with Crippen LogP contribution in [-0.4, -0.2) is 13.7 Å². The SMILES string of the molecule is CCc1ccc(OC)c(C2CNc3ccccc32)c1. The molecule has 0 radical (unpaired) electrons. The second-order valence-corrected chi connectivity index (χ2v) is 4.95.